The number of nitriles is 2. The molecule has 0 spiro atoms. The van der Waals surface area contributed by atoms with Crippen LogP contribution in [0.5, 0.6) is 0 Å². The van der Waals surface area contributed by atoms with Crippen molar-refractivity contribution < 1.29 is 0 Å². The highest BCUT2D eigenvalue weighted by Crippen LogP contribution is 2.33. The van der Waals surface area contributed by atoms with Crippen LogP contribution in [0.3, 0.4) is 0 Å². The number of nitrogens with zero attached hydrogens (tertiary/aromatic N) is 6. The second kappa shape index (κ2) is 4.07. The molecule has 7 heteroatoms. The lowest BCUT2D eigenvalue weighted by Gasteiger charge is -2.06. The van der Waals surface area contributed by atoms with Crippen molar-refractivity contribution in [2.24, 2.45) is 0 Å². The Balaban J connectivity index is 2.21. The summed E-state index contributed by atoms with van der Waals surface area (Å²) in [6.45, 7) is 0. The number of hydrogen-bond acceptors (Lipinski definition) is 5. The van der Waals surface area contributed by atoms with Crippen molar-refractivity contribution in [2.75, 3.05) is 0 Å². The maximum absolute atomic E-state index is 12.3. The maximum atomic E-state index is 12.3. The van der Waals surface area contributed by atoms with Crippen LogP contribution in [0.15, 0.2) is 23.5 Å². The van der Waals surface area contributed by atoms with Crippen molar-refractivity contribution >= 4 is 0 Å². The lowest BCUT2D eigenvalue weighted by molar-refractivity contribution is 0.687. The van der Waals surface area contributed by atoms with E-state index >= 15 is 0 Å². The minimum absolute atomic E-state index is 0.00877. The first kappa shape index (κ1) is 11.2. The number of aromatic nitrogens is 4. The normalized spacial score (nSPS) is 13.8. The van der Waals surface area contributed by atoms with Crippen LogP contribution in [-0.2, 0) is 0 Å². The molecule has 1 fully saturated rings. The highest BCUT2D eigenvalue weighted by atomic mass is 16.1. The molecule has 0 saturated heterocycles. The van der Waals surface area contributed by atoms with Crippen molar-refractivity contribution in [1.29, 1.82) is 10.5 Å². The summed E-state index contributed by atoms with van der Waals surface area (Å²) in [5.41, 5.74) is -0.255. The molecule has 0 atom stereocenters. The molecule has 0 aromatic carbocycles. The molecule has 19 heavy (non-hydrogen) atoms. The van der Waals surface area contributed by atoms with Crippen LogP contribution >= 0.6 is 0 Å². The van der Waals surface area contributed by atoms with E-state index < -0.39 is 0 Å². The quantitative estimate of drug-likeness (QED) is 0.775. The molecular formula is C12H8N6O. The third-order valence-corrected chi connectivity index (χ3v) is 3.00. The topological polar surface area (TPSA) is 100 Å². The van der Waals surface area contributed by atoms with Gasteiger partial charge in [0, 0.05) is 18.4 Å². The third kappa shape index (κ3) is 1.69. The summed E-state index contributed by atoms with van der Waals surface area (Å²) >= 11 is 0. The molecule has 0 N–H and O–H groups in total. The van der Waals surface area contributed by atoms with E-state index in [0.717, 1.165) is 12.8 Å². The van der Waals surface area contributed by atoms with Crippen molar-refractivity contribution in [2.45, 2.75) is 18.9 Å². The summed E-state index contributed by atoms with van der Waals surface area (Å²) in [5.74, 6) is 0.0972. The highest BCUT2D eigenvalue weighted by Gasteiger charge is 2.26. The monoisotopic (exact) mass is 252 g/mol. The van der Waals surface area contributed by atoms with Crippen molar-refractivity contribution in [3.05, 3.63) is 40.5 Å². The van der Waals surface area contributed by atoms with Crippen molar-refractivity contribution in [3.8, 4) is 18.0 Å². The van der Waals surface area contributed by atoms with Gasteiger partial charge in [0.05, 0.1) is 0 Å². The van der Waals surface area contributed by atoms with E-state index in [-0.39, 0.29) is 28.8 Å². The van der Waals surface area contributed by atoms with Crippen molar-refractivity contribution in [1.82, 2.24) is 19.1 Å². The Morgan fingerprint density at radius 3 is 2.68 bits per heavy atom. The van der Waals surface area contributed by atoms with Crippen LogP contribution in [0, 0.1) is 22.7 Å². The van der Waals surface area contributed by atoms with E-state index in [2.05, 4.69) is 9.97 Å². The minimum atomic E-state index is -0.275. The third-order valence-electron chi connectivity index (χ3n) is 3.00. The predicted molar refractivity (Wildman–Crippen MR) is 63.3 cm³/mol. The lowest BCUT2D eigenvalue weighted by Crippen LogP contribution is -2.24. The molecule has 92 valence electrons. The second-order valence-electron chi connectivity index (χ2n) is 4.23. The van der Waals surface area contributed by atoms with Gasteiger partial charge in [-0.2, -0.15) is 10.5 Å². The largest absolute Gasteiger partial charge is 0.308 e. The zero-order valence-corrected chi connectivity index (χ0v) is 9.82. The Morgan fingerprint density at radius 2 is 2.05 bits per heavy atom. The fraction of sp³-hybridized carbons (Fsp3) is 0.250. The Morgan fingerprint density at radius 1 is 1.26 bits per heavy atom. The Labute approximate surface area is 108 Å². The van der Waals surface area contributed by atoms with Gasteiger partial charge < -0.3 is 4.57 Å². The Hall–Kier alpha value is -2.93. The molecule has 1 aliphatic rings. The summed E-state index contributed by atoms with van der Waals surface area (Å²) in [6.07, 6.45) is 6.38. The molecule has 1 aliphatic carbocycles. The summed E-state index contributed by atoms with van der Waals surface area (Å²) < 4.78 is 2.87. The molecule has 3 rings (SSSR count). The fourth-order valence-electron chi connectivity index (χ4n) is 1.92. The number of imidazole rings is 1. The average molecular weight is 252 g/mol. The van der Waals surface area contributed by atoms with Gasteiger partial charge in [0.15, 0.2) is 11.4 Å². The standard InChI is InChI=1S/C12H8N6O/c13-5-9-10(6-14)18(7-16-9)11-12(19)17(4-3-15-11)8-1-2-8/h3-4,7-8H,1-2H2. The fourth-order valence-corrected chi connectivity index (χ4v) is 1.92. The number of rotatable bonds is 2. The first-order valence-corrected chi connectivity index (χ1v) is 5.71. The van der Waals surface area contributed by atoms with E-state index in [9.17, 15) is 4.79 Å². The lowest BCUT2D eigenvalue weighted by atomic mass is 10.3. The van der Waals surface area contributed by atoms with Crippen LogP contribution < -0.4 is 5.56 Å². The van der Waals surface area contributed by atoms with E-state index in [4.69, 9.17) is 10.5 Å². The summed E-state index contributed by atoms with van der Waals surface area (Å²) in [5, 5.41) is 17.9. The predicted octanol–water partition coefficient (Wildman–Crippen LogP) is 0.507. The molecule has 7 nitrogen and oxygen atoms in total. The summed E-state index contributed by atoms with van der Waals surface area (Å²) in [7, 11) is 0. The average Bonchev–Trinajstić information content (AvgIpc) is 3.18. The van der Waals surface area contributed by atoms with Crippen LogP contribution in [-0.4, -0.2) is 19.1 Å². The van der Waals surface area contributed by atoms with Gasteiger partial charge in [-0.3, -0.25) is 9.36 Å². The van der Waals surface area contributed by atoms with Crippen LogP contribution in [0.4, 0.5) is 0 Å². The number of hydrogen-bond donors (Lipinski definition) is 0. The van der Waals surface area contributed by atoms with E-state index in [1.165, 1.54) is 17.1 Å². The first-order chi connectivity index (χ1) is 9.26. The van der Waals surface area contributed by atoms with E-state index in [1.54, 1.807) is 10.8 Å². The maximum Gasteiger partial charge on any atom is 0.294 e. The van der Waals surface area contributed by atoms with Gasteiger partial charge in [0.25, 0.3) is 5.56 Å². The Bertz CT molecular complexity index is 784. The van der Waals surface area contributed by atoms with Gasteiger partial charge in [-0.15, -0.1) is 0 Å². The smallest absolute Gasteiger partial charge is 0.294 e. The molecule has 0 unspecified atom stereocenters. The molecule has 0 aliphatic heterocycles. The summed E-state index contributed by atoms with van der Waals surface area (Å²) in [4.78, 5) is 20.1. The van der Waals surface area contributed by atoms with Gasteiger partial charge in [0.2, 0.25) is 5.82 Å². The highest BCUT2D eigenvalue weighted by molar-refractivity contribution is 5.41. The molecule has 2 heterocycles. The molecule has 0 radical (unpaired) electrons. The van der Waals surface area contributed by atoms with Gasteiger partial charge in [-0.25, -0.2) is 9.97 Å². The van der Waals surface area contributed by atoms with Crippen LogP contribution in [0.25, 0.3) is 5.82 Å². The zero-order chi connectivity index (χ0) is 13.4. The van der Waals surface area contributed by atoms with Crippen LogP contribution in [0.1, 0.15) is 30.3 Å². The molecule has 0 bridgehead atoms. The molecule has 2 aromatic heterocycles. The van der Waals surface area contributed by atoms with E-state index in [0.29, 0.717) is 0 Å². The minimum Gasteiger partial charge on any atom is -0.308 e. The van der Waals surface area contributed by atoms with Gasteiger partial charge >= 0.3 is 0 Å². The molecule has 2 aromatic rings. The van der Waals surface area contributed by atoms with Crippen molar-refractivity contribution in [3.63, 3.8) is 0 Å². The van der Waals surface area contributed by atoms with Crippen LogP contribution in [0.2, 0.25) is 0 Å². The molecule has 1 saturated carbocycles. The van der Waals surface area contributed by atoms with Gasteiger partial charge in [-0.1, -0.05) is 0 Å². The van der Waals surface area contributed by atoms with Gasteiger partial charge in [-0.05, 0) is 12.8 Å². The second-order valence-corrected chi connectivity index (χ2v) is 4.23. The molecule has 0 amide bonds. The first-order valence-electron chi connectivity index (χ1n) is 5.71. The van der Waals surface area contributed by atoms with E-state index in [1.807, 2.05) is 12.1 Å². The Kier molecular flexibility index (Phi) is 2.39. The SMILES string of the molecule is N#Cc1ncn(-c2nccn(C3CC3)c2=O)c1C#N. The van der Waals surface area contributed by atoms with Gasteiger partial charge in [0.1, 0.15) is 18.5 Å². The molecular weight excluding hydrogens is 244 g/mol. The summed E-state index contributed by atoms with van der Waals surface area (Å²) in [6, 6.07) is 3.91. The zero-order valence-electron chi connectivity index (χ0n) is 9.82.